The fraction of sp³-hybridized carbons (Fsp3) is 0.167. The molecule has 3 aromatic carbocycles. The molecule has 0 aliphatic carbocycles. The number of carbonyl (C=O) groups is 2. The predicted molar refractivity (Wildman–Crippen MR) is 116 cm³/mol. The largest absolute Gasteiger partial charge is 0.323 e. The monoisotopic (exact) mass is 385 g/mol. The highest BCUT2D eigenvalue weighted by atomic mass is 16.2. The van der Waals surface area contributed by atoms with Crippen molar-refractivity contribution in [1.29, 1.82) is 0 Å². The Hall–Kier alpha value is -3.60. The number of benzene rings is 3. The lowest BCUT2D eigenvalue weighted by atomic mass is 9.99. The minimum Gasteiger partial charge on any atom is -0.308 e. The highest BCUT2D eigenvalue weighted by Crippen LogP contribution is 2.31. The quantitative estimate of drug-likeness (QED) is 0.655. The van der Waals surface area contributed by atoms with Gasteiger partial charge in [0.05, 0.1) is 6.54 Å². The van der Waals surface area contributed by atoms with Crippen molar-refractivity contribution in [3.8, 4) is 0 Å². The summed E-state index contributed by atoms with van der Waals surface area (Å²) in [6, 6.07) is 23.0. The van der Waals surface area contributed by atoms with Crippen LogP contribution in [0.3, 0.4) is 0 Å². The summed E-state index contributed by atoms with van der Waals surface area (Å²) in [6.07, 6.45) is 1.15. The van der Waals surface area contributed by atoms with E-state index in [-0.39, 0.29) is 11.9 Å². The van der Waals surface area contributed by atoms with Crippen molar-refractivity contribution in [2.75, 3.05) is 15.5 Å². The normalized spacial score (nSPS) is 13.0. The van der Waals surface area contributed by atoms with Gasteiger partial charge < -0.3 is 15.5 Å². The Morgan fingerprint density at radius 3 is 2.41 bits per heavy atom. The second-order valence-electron chi connectivity index (χ2n) is 7.26. The van der Waals surface area contributed by atoms with Crippen LogP contribution in [0.2, 0.25) is 0 Å². The molecule has 1 aliphatic rings. The lowest BCUT2D eigenvalue weighted by Gasteiger charge is -2.30. The molecular formula is C24H23N3O2. The second kappa shape index (κ2) is 8.19. The van der Waals surface area contributed by atoms with Crippen LogP contribution in [-0.2, 0) is 17.8 Å². The molecule has 0 spiro atoms. The molecule has 0 aromatic heterocycles. The SMILES string of the molecule is Cc1cccc(NC(=O)Nc2ccc3c(c2)CCC(=O)N3Cc2ccccc2)c1. The molecule has 0 fully saturated rings. The van der Waals surface area contributed by atoms with Gasteiger partial charge in [-0.25, -0.2) is 4.79 Å². The standard InChI is InChI=1S/C24H23N3O2/c1-17-6-5-9-20(14-17)25-24(29)26-21-11-12-22-19(15-21)10-13-23(28)27(22)16-18-7-3-2-4-8-18/h2-9,11-12,14-15H,10,13,16H2,1H3,(H2,25,26,29). The molecule has 0 radical (unpaired) electrons. The maximum atomic E-state index is 12.5. The van der Waals surface area contributed by atoms with E-state index >= 15 is 0 Å². The van der Waals surface area contributed by atoms with Crippen LogP contribution in [0.15, 0.2) is 72.8 Å². The molecule has 5 nitrogen and oxygen atoms in total. The van der Waals surface area contributed by atoms with Crippen LogP contribution in [0.1, 0.15) is 23.1 Å². The lowest BCUT2D eigenvalue weighted by molar-refractivity contribution is -0.119. The third-order valence-electron chi connectivity index (χ3n) is 5.00. The van der Waals surface area contributed by atoms with E-state index in [0.717, 1.165) is 28.1 Å². The zero-order valence-corrected chi connectivity index (χ0v) is 16.3. The lowest BCUT2D eigenvalue weighted by Crippen LogP contribution is -2.34. The zero-order chi connectivity index (χ0) is 20.2. The van der Waals surface area contributed by atoms with Crippen molar-refractivity contribution in [2.45, 2.75) is 26.3 Å². The van der Waals surface area contributed by atoms with E-state index in [4.69, 9.17) is 0 Å². The third kappa shape index (κ3) is 4.46. The van der Waals surface area contributed by atoms with E-state index < -0.39 is 0 Å². The molecule has 1 aliphatic heterocycles. The number of hydrogen-bond donors (Lipinski definition) is 2. The van der Waals surface area contributed by atoms with E-state index in [0.29, 0.717) is 25.1 Å². The van der Waals surface area contributed by atoms with Crippen LogP contribution in [0.4, 0.5) is 21.9 Å². The first kappa shape index (κ1) is 18.7. The number of nitrogens with one attached hydrogen (secondary N) is 2. The van der Waals surface area contributed by atoms with Gasteiger partial charge in [0.15, 0.2) is 0 Å². The van der Waals surface area contributed by atoms with Gasteiger partial charge in [-0.3, -0.25) is 4.79 Å². The minimum absolute atomic E-state index is 0.124. The van der Waals surface area contributed by atoms with Crippen molar-refractivity contribution in [2.24, 2.45) is 0 Å². The number of urea groups is 1. The Kier molecular flexibility index (Phi) is 5.29. The second-order valence-corrected chi connectivity index (χ2v) is 7.26. The Bertz CT molecular complexity index is 1050. The fourth-order valence-electron chi connectivity index (χ4n) is 3.59. The van der Waals surface area contributed by atoms with Gasteiger partial charge in [-0.2, -0.15) is 0 Å². The number of aryl methyl sites for hydroxylation is 2. The van der Waals surface area contributed by atoms with Crippen molar-refractivity contribution in [3.05, 3.63) is 89.5 Å². The van der Waals surface area contributed by atoms with Gasteiger partial charge in [0.1, 0.15) is 0 Å². The van der Waals surface area contributed by atoms with Gasteiger partial charge in [0, 0.05) is 23.5 Å². The van der Waals surface area contributed by atoms with Gasteiger partial charge in [0.2, 0.25) is 5.91 Å². The van der Waals surface area contributed by atoms with Crippen LogP contribution in [0.5, 0.6) is 0 Å². The smallest absolute Gasteiger partial charge is 0.308 e. The van der Waals surface area contributed by atoms with Crippen molar-refractivity contribution < 1.29 is 9.59 Å². The summed E-state index contributed by atoms with van der Waals surface area (Å²) in [7, 11) is 0. The number of anilines is 3. The molecule has 3 amide bonds. The van der Waals surface area contributed by atoms with Crippen molar-refractivity contribution in [1.82, 2.24) is 0 Å². The Morgan fingerprint density at radius 1 is 0.897 bits per heavy atom. The molecule has 0 atom stereocenters. The molecule has 0 bridgehead atoms. The molecule has 0 unspecified atom stereocenters. The van der Waals surface area contributed by atoms with Gasteiger partial charge in [-0.05, 0) is 60.4 Å². The number of nitrogens with zero attached hydrogens (tertiary/aromatic N) is 1. The van der Waals surface area contributed by atoms with E-state index in [2.05, 4.69) is 10.6 Å². The first-order valence-corrected chi connectivity index (χ1v) is 9.70. The number of rotatable bonds is 4. The average molecular weight is 385 g/mol. The van der Waals surface area contributed by atoms with Crippen molar-refractivity contribution >= 4 is 29.0 Å². The molecule has 1 heterocycles. The summed E-state index contributed by atoms with van der Waals surface area (Å²) in [4.78, 5) is 26.7. The predicted octanol–water partition coefficient (Wildman–Crippen LogP) is 5.12. The van der Waals surface area contributed by atoms with Gasteiger partial charge in [-0.15, -0.1) is 0 Å². The van der Waals surface area contributed by atoms with Crippen LogP contribution in [0, 0.1) is 6.92 Å². The summed E-state index contributed by atoms with van der Waals surface area (Å²) in [5.41, 5.74) is 5.61. The molecule has 146 valence electrons. The summed E-state index contributed by atoms with van der Waals surface area (Å²) >= 11 is 0. The zero-order valence-electron chi connectivity index (χ0n) is 16.3. The Balaban J connectivity index is 1.49. The minimum atomic E-state index is -0.288. The summed E-state index contributed by atoms with van der Waals surface area (Å²) in [5.74, 6) is 0.124. The first-order valence-electron chi connectivity index (χ1n) is 9.70. The molecule has 0 saturated heterocycles. The number of carbonyl (C=O) groups excluding carboxylic acids is 2. The Morgan fingerprint density at radius 2 is 1.66 bits per heavy atom. The van der Waals surface area contributed by atoms with Gasteiger partial charge >= 0.3 is 6.03 Å². The molecule has 5 heteroatoms. The molecule has 0 saturated carbocycles. The average Bonchev–Trinajstić information content (AvgIpc) is 2.71. The van der Waals surface area contributed by atoms with E-state index in [1.807, 2.05) is 84.6 Å². The van der Waals surface area contributed by atoms with Crippen LogP contribution < -0.4 is 15.5 Å². The summed E-state index contributed by atoms with van der Waals surface area (Å²) < 4.78 is 0. The molecular weight excluding hydrogens is 362 g/mol. The van der Waals surface area contributed by atoms with Crippen LogP contribution >= 0.6 is 0 Å². The Labute approximate surface area is 170 Å². The molecule has 2 N–H and O–H groups in total. The van der Waals surface area contributed by atoms with E-state index in [1.165, 1.54) is 0 Å². The van der Waals surface area contributed by atoms with Crippen LogP contribution in [-0.4, -0.2) is 11.9 Å². The van der Waals surface area contributed by atoms with Gasteiger partial charge in [-0.1, -0.05) is 42.5 Å². The van der Waals surface area contributed by atoms with Gasteiger partial charge in [0.25, 0.3) is 0 Å². The van der Waals surface area contributed by atoms with Crippen LogP contribution in [0.25, 0.3) is 0 Å². The topological polar surface area (TPSA) is 61.4 Å². The maximum absolute atomic E-state index is 12.5. The summed E-state index contributed by atoms with van der Waals surface area (Å²) in [5, 5.41) is 5.73. The highest BCUT2D eigenvalue weighted by molar-refractivity contribution is 6.01. The summed E-state index contributed by atoms with van der Waals surface area (Å²) in [6.45, 7) is 2.53. The van der Waals surface area contributed by atoms with E-state index in [9.17, 15) is 9.59 Å². The molecule has 3 aromatic rings. The van der Waals surface area contributed by atoms with Crippen molar-refractivity contribution in [3.63, 3.8) is 0 Å². The first-order chi connectivity index (χ1) is 14.1. The number of hydrogen-bond acceptors (Lipinski definition) is 2. The fourth-order valence-corrected chi connectivity index (χ4v) is 3.59. The highest BCUT2D eigenvalue weighted by Gasteiger charge is 2.24. The molecule has 4 rings (SSSR count). The number of amides is 3. The van der Waals surface area contributed by atoms with E-state index in [1.54, 1.807) is 0 Å². The number of fused-ring (bicyclic) bond motifs is 1. The maximum Gasteiger partial charge on any atom is 0.323 e. The third-order valence-corrected chi connectivity index (χ3v) is 5.00. The molecule has 29 heavy (non-hydrogen) atoms.